The topological polar surface area (TPSA) is 61.6 Å². The van der Waals surface area contributed by atoms with Gasteiger partial charge in [0.25, 0.3) is 0 Å². The van der Waals surface area contributed by atoms with Gasteiger partial charge in [-0.3, -0.25) is 0 Å². The second-order valence-electron chi connectivity index (χ2n) is 5.49. The molecule has 126 valence electrons. The fourth-order valence-electron chi connectivity index (χ4n) is 2.73. The molecular formula is C19H15NO4S. The van der Waals surface area contributed by atoms with Crippen LogP contribution in [0.15, 0.2) is 52.9 Å². The van der Waals surface area contributed by atoms with Gasteiger partial charge in [0.05, 0.1) is 16.8 Å². The third kappa shape index (κ3) is 3.01. The normalized spacial score (nSPS) is 11.2. The Kier molecular flexibility index (Phi) is 4.21. The smallest absolute Gasteiger partial charge is 0.375 e. The van der Waals surface area contributed by atoms with Crippen molar-refractivity contribution in [3.05, 3.63) is 64.9 Å². The van der Waals surface area contributed by atoms with E-state index >= 15 is 0 Å². The molecule has 0 bridgehead atoms. The molecule has 2 heterocycles. The Morgan fingerprint density at radius 1 is 1.12 bits per heavy atom. The average Bonchev–Trinajstić information content (AvgIpc) is 3.21. The first-order valence-corrected chi connectivity index (χ1v) is 8.59. The molecule has 0 saturated carbocycles. The molecule has 0 atom stereocenters. The van der Waals surface area contributed by atoms with Crippen molar-refractivity contribution in [2.45, 2.75) is 13.2 Å². The molecule has 5 nitrogen and oxygen atoms in total. The Balaban J connectivity index is 1.58. The second-order valence-corrected chi connectivity index (χ2v) is 6.61. The molecule has 6 heteroatoms. The van der Waals surface area contributed by atoms with E-state index in [2.05, 4.69) is 4.98 Å². The highest BCUT2D eigenvalue weighted by Gasteiger charge is 2.22. The SMILES string of the molecule is COCc1c(C(=O)OCc2nc3ccccc3s2)oc2ccccc12. The molecule has 0 N–H and O–H groups in total. The minimum Gasteiger partial charge on any atom is -0.452 e. The van der Waals surface area contributed by atoms with Crippen molar-refractivity contribution >= 4 is 38.5 Å². The number of hydrogen-bond acceptors (Lipinski definition) is 6. The quantitative estimate of drug-likeness (QED) is 0.493. The van der Waals surface area contributed by atoms with Gasteiger partial charge in [-0.25, -0.2) is 9.78 Å². The Labute approximate surface area is 147 Å². The van der Waals surface area contributed by atoms with Crippen molar-refractivity contribution in [1.82, 2.24) is 4.98 Å². The number of thiazole rings is 1. The molecule has 0 aliphatic heterocycles. The number of furan rings is 1. The van der Waals surface area contributed by atoms with Crippen LogP contribution in [-0.2, 0) is 22.7 Å². The van der Waals surface area contributed by atoms with Crippen LogP contribution in [0.5, 0.6) is 0 Å². The molecular weight excluding hydrogens is 338 g/mol. The molecule has 25 heavy (non-hydrogen) atoms. The van der Waals surface area contributed by atoms with E-state index in [0.717, 1.165) is 20.6 Å². The first-order chi connectivity index (χ1) is 12.3. The number of rotatable bonds is 5. The lowest BCUT2D eigenvalue weighted by atomic mass is 10.1. The van der Waals surface area contributed by atoms with E-state index in [1.54, 1.807) is 7.11 Å². The summed E-state index contributed by atoms with van der Waals surface area (Å²) in [4.78, 5) is 17.0. The third-order valence-corrected chi connectivity index (χ3v) is 4.85. The predicted molar refractivity (Wildman–Crippen MR) is 95.7 cm³/mol. The largest absolute Gasteiger partial charge is 0.452 e. The predicted octanol–water partition coefficient (Wildman–Crippen LogP) is 4.55. The van der Waals surface area contributed by atoms with E-state index in [1.807, 2.05) is 48.5 Å². The molecule has 0 unspecified atom stereocenters. The van der Waals surface area contributed by atoms with E-state index in [-0.39, 0.29) is 19.0 Å². The van der Waals surface area contributed by atoms with Crippen LogP contribution in [0, 0.1) is 0 Å². The lowest BCUT2D eigenvalue weighted by Crippen LogP contribution is -2.07. The van der Waals surface area contributed by atoms with Gasteiger partial charge >= 0.3 is 5.97 Å². The maximum absolute atomic E-state index is 12.5. The number of ether oxygens (including phenoxy) is 2. The first kappa shape index (κ1) is 15.8. The van der Waals surface area contributed by atoms with Gasteiger partial charge in [-0.15, -0.1) is 11.3 Å². The van der Waals surface area contributed by atoms with Crippen LogP contribution in [-0.4, -0.2) is 18.1 Å². The van der Waals surface area contributed by atoms with Crippen LogP contribution in [0.3, 0.4) is 0 Å². The van der Waals surface area contributed by atoms with Crippen LogP contribution < -0.4 is 0 Å². The van der Waals surface area contributed by atoms with Gasteiger partial charge < -0.3 is 13.9 Å². The van der Waals surface area contributed by atoms with Gasteiger partial charge in [-0.2, -0.15) is 0 Å². The van der Waals surface area contributed by atoms with E-state index in [4.69, 9.17) is 13.9 Å². The molecule has 0 radical (unpaired) electrons. The number of para-hydroxylation sites is 2. The summed E-state index contributed by atoms with van der Waals surface area (Å²) < 4.78 is 17.4. The summed E-state index contributed by atoms with van der Waals surface area (Å²) in [5.41, 5.74) is 2.25. The summed E-state index contributed by atoms with van der Waals surface area (Å²) in [6, 6.07) is 15.3. The fourth-order valence-corrected chi connectivity index (χ4v) is 3.61. The number of benzene rings is 2. The molecule has 0 amide bonds. The molecule has 2 aromatic carbocycles. The lowest BCUT2D eigenvalue weighted by Gasteiger charge is -2.03. The van der Waals surface area contributed by atoms with Gasteiger partial charge in [0.2, 0.25) is 5.76 Å². The summed E-state index contributed by atoms with van der Waals surface area (Å²) in [6.45, 7) is 0.393. The highest BCUT2D eigenvalue weighted by Crippen LogP contribution is 2.28. The number of fused-ring (bicyclic) bond motifs is 2. The number of aromatic nitrogens is 1. The zero-order valence-electron chi connectivity index (χ0n) is 13.5. The molecule has 0 fully saturated rings. The lowest BCUT2D eigenvalue weighted by molar-refractivity contribution is 0.0432. The zero-order chi connectivity index (χ0) is 17.2. The van der Waals surface area contributed by atoms with Crippen LogP contribution in [0.1, 0.15) is 21.1 Å². The van der Waals surface area contributed by atoms with Gasteiger partial charge in [-0.05, 0) is 18.2 Å². The average molecular weight is 353 g/mol. The summed E-state index contributed by atoms with van der Waals surface area (Å²) in [5.74, 6) is -0.327. The van der Waals surface area contributed by atoms with Gasteiger partial charge in [0.15, 0.2) is 0 Å². The van der Waals surface area contributed by atoms with E-state index in [0.29, 0.717) is 11.1 Å². The second kappa shape index (κ2) is 6.66. The first-order valence-electron chi connectivity index (χ1n) is 7.77. The number of nitrogens with zero attached hydrogens (tertiary/aromatic N) is 1. The van der Waals surface area contributed by atoms with Crippen molar-refractivity contribution < 1.29 is 18.7 Å². The van der Waals surface area contributed by atoms with Gasteiger partial charge in [0, 0.05) is 18.1 Å². The number of esters is 1. The number of carbonyl (C=O) groups excluding carboxylic acids is 1. The van der Waals surface area contributed by atoms with E-state index < -0.39 is 5.97 Å². The van der Waals surface area contributed by atoms with Crippen LogP contribution in [0.2, 0.25) is 0 Å². The Hall–Kier alpha value is -2.70. The van der Waals surface area contributed by atoms with Crippen molar-refractivity contribution in [2.75, 3.05) is 7.11 Å². The highest BCUT2D eigenvalue weighted by atomic mass is 32.1. The maximum atomic E-state index is 12.5. The minimum absolute atomic E-state index is 0.113. The maximum Gasteiger partial charge on any atom is 0.375 e. The molecule has 4 rings (SSSR count). The van der Waals surface area contributed by atoms with Crippen molar-refractivity contribution in [3.63, 3.8) is 0 Å². The number of methoxy groups -OCH3 is 1. The third-order valence-electron chi connectivity index (χ3n) is 3.84. The van der Waals surface area contributed by atoms with Crippen molar-refractivity contribution in [2.24, 2.45) is 0 Å². The Morgan fingerprint density at radius 3 is 2.76 bits per heavy atom. The van der Waals surface area contributed by atoms with Crippen LogP contribution in [0.25, 0.3) is 21.2 Å². The molecule has 0 aliphatic carbocycles. The molecule has 0 spiro atoms. The van der Waals surface area contributed by atoms with Gasteiger partial charge in [-0.1, -0.05) is 30.3 Å². The minimum atomic E-state index is -0.512. The standard InChI is InChI=1S/C19H15NO4S/c1-22-10-13-12-6-2-4-8-15(12)24-18(13)19(21)23-11-17-20-14-7-3-5-9-16(14)25-17/h2-9H,10-11H2,1H3. The van der Waals surface area contributed by atoms with E-state index in [1.165, 1.54) is 11.3 Å². The van der Waals surface area contributed by atoms with Crippen molar-refractivity contribution in [3.8, 4) is 0 Å². The molecule has 0 aliphatic rings. The highest BCUT2D eigenvalue weighted by molar-refractivity contribution is 7.18. The molecule has 4 aromatic rings. The van der Waals surface area contributed by atoms with E-state index in [9.17, 15) is 4.79 Å². The van der Waals surface area contributed by atoms with Crippen LogP contribution in [0.4, 0.5) is 0 Å². The zero-order valence-corrected chi connectivity index (χ0v) is 14.3. The number of hydrogen-bond donors (Lipinski definition) is 0. The van der Waals surface area contributed by atoms with Crippen LogP contribution >= 0.6 is 11.3 Å². The summed E-state index contributed by atoms with van der Waals surface area (Å²) >= 11 is 1.51. The Morgan fingerprint density at radius 2 is 1.92 bits per heavy atom. The van der Waals surface area contributed by atoms with Gasteiger partial charge in [0.1, 0.15) is 17.2 Å². The summed E-state index contributed by atoms with van der Waals surface area (Å²) in [7, 11) is 1.58. The Bertz CT molecular complexity index is 1020. The summed E-state index contributed by atoms with van der Waals surface area (Å²) in [6.07, 6.45) is 0. The monoisotopic (exact) mass is 353 g/mol. The molecule has 2 aromatic heterocycles. The number of carbonyl (C=O) groups is 1. The molecule has 0 saturated heterocycles. The van der Waals surface area contributed by atoms with Crippen molar-refractivity contribution in [1.29, 1.82) is 0 Å². The summed E-state index contributed by atoms with van der Waals surface area (Å²) in [5, 5.41) is 1.61. The fraction of sp³-hybridized carbons (Fsp3) is 0.158.